The van der Waals surface area contributed by atoms with E-state index in [2.05, 4.69) is 33.5 Å². The van der Waals surface area contributed by atoms with Crippen molar-refractivity contribution < 1.29 is 30.2 Å². The van der Waals surface area contributed by atoms with Crippen LogP contribution in [0.1, 0.15) is 11.3 Å². The Morgan fingerprint density at radius 3 is 2.04 bits per heavy atom. The molecule has 23 heavy (non-hydrogen) atoms. The number of H-pyrrole nitrogens is 1. The van der Waals surface area contributed by atoms with E-state index >= 15 is 0 Å². The predicted molar refractivity (Wildman–Crippen MR) is 83.3 cm³/mol. The van der Waals surface area contributed by atoms with Crippen molar-refractivity contribution in [1.82, 2.24) is 4.98 Å². The maximum atomic E-state index is 12.8. The van der Waals surface area contributed by atoms with Gasteiger partial charge < -0.3 is 4.98 Å². The number of hydrogen-bond acceptors (Lipinski definition) is 3. The molecule has 1 aromatic heterocycles. The van der Waals surface area contributed by atoms with Crippen LogP contribution < -0.4 is 0 Å². The second-order valence-corrected chi connectivity index (χ2v) is 5.21. The Balaban J connectivity index is 0.00000112. The number of aromatic nitrogens is 1. The van der Waals surface area contributed by atoms with Crippen molar-refractivity contribution in [1.29, 1.82) is 10.5 Å². The van der Waals surface area contributed by atoms with Gasteiger partial charge in [-0.25, -0.2) is 0 Å². The Bertz CT molecular complexity index is 748. The topological polar surface area (TPSA) is 63.4 Å². The zero-order valence-corrected chi connectivity index (χ0v) is 15.0. The molecule has 0 unspecified atom stereocenters. The van der Waals surface area contributed by atoms with E-state index in [1.807, 2.05) is 0 Å². The molecule has 3 nitrogen and oxygen atoms in total. The summed E-state index contributed by atoms with van der Waals surface area (Å²) in [7, 11) is 0. The summed E-state index contributed by atoms with van der Waals surface area (Å²) >= 11 is 11.6. The molecule has 0 bridgehead atoms. The zero-order valence-electron chi connectivity index (χ0n) is 10.8. The first-order valence-corrected chi connectivity index (χ1v) is 7.06. The minimum atomic E-state index is -4.56. The smallest absolute Gasteiger partial charge is 0.349 e. The molecule has 1 radical (unpaired) electrons. The van der Waals surface area contributed by atoms with Gasteiger partial charge in [-0.1, -0.05) is 36.4 Å². The SMILES string of the molecule is N#CS.N#Cc1c(-c2ccc(Cl)cc2)[nH]c(C(F)(F)F)c1Br.[Cu]. The maximum absolute atomic E-state index is 12.8. The Labute approximate surface area is 159 Å². The van der Waals surface area contributed by atoms with Crippen LogP contribution >= 0.6 is 40.2 Å². The minimum absolute atomic E-state index is 0. The Morgan fingerprint density at radius 1 is 1.17 bits per heavy atom. The molecule has 0 fully saturated rings. The van der Waals surface area contributed by atoms with E-state index in [4.69, 9.17) is 22.1 Å². The van der Waals surface area contributed by atoms with Crippen LogP contribution in [0.4, 0.5) is 13.2 Å². The summed E-state index contributed by atoms with van der Waals surface area (Å²) in [6.45, 7) is 0. The minimum Gasteiger partial charge on any atom is -0.349 e. The molecule has 1 heterocycles. The summed E-state index contributed by atoms with van der Waals surface area (Å²) in [6.07, 6.45) is -4.56. The van der Waals surface area contributed by atoms with Crippen LogP contribution in [-0.2, 0) is 23.2 Å². The monoisotopic (exact) mass is 470 g/mol. The van der Waals surface area contributed by atoms with Crippen LogP contribution in [-0.4, -0.2) is 4.98 Å². The molecule has 0 aliphatic heterocycles. The number of halogens is 5. The summed E-state index contributed by atoms with van der Waals surface area (Å²) in [4.78, 5) is 2.24. The van der Waals surface area contributed by atoms with Gasteiger partial charge in [0.05, 0.1) is 15.7 Å². The molecule has 2 rings (SSSR count). The number of aromatic amines is 1. The molecular formula is C13H6BrClCuF3N3S. The van der Waals surface area contributed by atoms with Crippen molar-refractivity contribution >= 4 is 40.2 Å². The van der Waals surface area contributed by atoms with Gasteiger partial charge in [0.25, 0.3) is 0 Å². The van der Waals surface area contributed by atoms with Crippen molar-refractivity contribution in [3.05, 3.63) is 45.0 Å². The second-order valence-electron chi connectivity index (χ2n) is 3.78. The number of alkyl halides is 3. The first-order chi connectivity index (χ1) is 10.3. The van der Waals surface area contributed by atoms with Crippen LogP contribution in [0.2, 0.25) is 5.02 Å². The third kappa shape index (κ3) is 5.49. The summed E-state index contributed by atoms with van der Waals surface area (Å²) in [5.74, 6) is 0. The van der Waals surface area contributed by atoms with Gasteiger partial charge >= 0.3 is 6.18 Å². The summed E-state index contributed by atoms with van der Waals surface area (Å²) < 4.78 is 38.0. The molecule has 0 saturated carbocycles. The van der Waals surface area contributed by atoms with Crippen LogP contribution in [0, 0.1) is 22.0 Å². The second kappa shape index (κ2) is 9.26. The quantitative estimate of drug-likeness (QED) is 0.333. The third-order valence-corrected chi connectivity index (χ3v) is 3.51. The summed E-state index contributed by atoms with van der Waals surface area (Å²) in [5.41, 5.74) is -0.501. The van der Waals surface area contributed by atoms with Gasteiger partial charge in [0.2, 0.25) is 0 Å². The van der Waals surface area contributed by atoms with Crippen molar-refractivity contribution in [3.63, 3.8) is 0 Å². The third-order valence-electron chi connectivity index (χ3n) is 2.47. The normalized spacial score (nSPS) is 9.74. The van der Waals surface area contributed by atoms with Gasteiger partial charge in [-0.2, -0.15) is 23.7 Å². The number of benzene rings is 1. The van der Waals surface area contributed by atoms with Crippen molar-refractivity contribution in [2.45, 2.75) is 6.18 Å². The van der Waals surface area contributed by atoms with E-state index in [1.54, 1.807) is 30.3 Å². The summed E-state index contributed by atoms with van der Waals surface area (Å²) in [6, 6.07) is 7.93. The number of nitrogens with zero attached hydrogens (tertiary/aromatic N) is 2. The van der Waals surface area contributed by atoms with Gasteiger partial charge in [0.15, 0.2) is 0 Å². The maximum Gasteiger partial charge on any atom is 0.432 e. The van der Waals surface area contributed by atoms with Crippen LogP contribution in [0.5, 0.6) is 0 Å². The molecule has 10 heteroatoms. The molecule has 1 N–H and O–H groups in total. The van der Waals surface area contributed by atoms with Gasteiger partial charge in [-0.3, -0.25) is 0 Å². The van der Waals surface area contributed by atoms with E-state index in [0.717, 1.165) is 0 Å². The molecule has 0 aliphatic rings. The number of rotatable bonds is 1. The fraction of sp³-hybridized carbons (Fsp3) is 0.0769. The van der Waals surface area contributed by atoms with Crippen LogP contribution in [0.15, 0.2) is 28.7 Å². The Hall–Kier alpha value is -1.09. The van der Waals surface area contributed by atoms with Crippen molar-refractivity contribution in [2.75, 3.05) is 0 Å². The number of hydrogen-bond donors (Lipinski definition) is 2. The predicted octanol–water partition coefficient (Wildman–Crippen LogP) is 5.38. The number of thiocyanates is 1. The molecule has 0 aliphatic carbocycles. The standard InChI is InChI=1S/C12H5BrClF3N2.CHNS.Cu/c13-9-8(5-18)10(19-11(9)12(15,16)17)6-1-3-7(14)4-2-6;2-1-3;/h1-4,19H;3H;. The van der Waals surface area contributed by atoms with E-state index in [0.29, 0.717) is 10.6 Å². The zero-order chi connectivity index (χ0) is 16.9. The van der Waals surface area contributed by atoms with E-state index in [-0.39, 0.29) is 32.8 Å². The average Bonchev–Trinajstić information content (AvgIpc) is 2.77. The molecule has 1 aromatic carbocycles. The fourth-order valence-electron chi connectivity index (χ4n) is 1.61. The molecular weight excluding hydrogens is 466 g/mol. The molecule has 0 saturated heterocycles. The number of thiol groups is 1. The van der Waals surface area contributed by atoms with Gasteiger partial charge in [-0.05, 0) is 33.6 Å². The van der Waals surface area contributed by atoms with Crippen LogP contribution in [0.25, 0.3) is 11.3 Å². The Morgan fingerprint density at radius 2 is 1.65 bits per heavy atom. The van der Waals surface area contributed by atoms with Gasteiger partial charge in [-0.15, -0.1) is 0 Å². The van der Waals surface area contributed by atoms with Gasteiger partial charge in [0.1, 0.15) is 17.2 Å². The molecule has 0 spiro atoms. The molecule has 125 valence electrons. The van der Waals surface area contributed by atoms with E-state index < -0.39 is 11.9 Å². The molecule has 2 aromatic rings. The first kappa shape index (κ1) is 21.9. The largest absolute Gasteiger partial charge is 0.432 e. The molecule has 0 atom stereocenters. The number of nitrogens with one attached hydrogen (secondary N) is 1. The van der Waals surface area contributed by atoms with E-state index in [9.17, 15) is 13.2 Å². The first-order valence-electron chi connectivity index (χ1n) is 5.44. The van der Waals surface area contributed by atoms with Gasteiger partial charge in [0, 0.05) is 22.1 Å². The summed E-state index contributed by atoms with van der Waals surface area (Å²) in [5, 5.41) is 18.1. The average molecular weight is 472 g/mol. The van der Waals surface area contributed by atoms with E-state index in [1.165, 1.54) is 5.40 Å². The Kier molecular flexibility index (Phi) is 8.83. The van der Waals surface area contributed by atoms with Crippen molar-refractivity contribution in [3.8, 4) is 22.7 Å². The van der Waals surface area contributed by atoms with Crippen molar-refractivity contribution in [2.24, 2.45) is 0 Å². The van der Waals surface area contributed by atoms with Crippen LogP contribution in [0.3, 0.4) is 0 Å². The number of nitriles is 2. The molecule has 0 amide bonds. The fourth-order valence-corrected chi connectivity index (χ4v) is 2.35.